The van der Waals surface area contributed by atoms with Gasteiger partial charge >= 0.3 is 0 Å². The van der Waals surface area contributed by atoms with Crippen molar-refractivity contribution in [2.24, 2.45) is 0 Å². The number of rotatable bonds is 6. The van der Waals surface area contributed by atoms with Crippen molar-refractivity contribution in [3.8, 4) is 0 Å². The molecule has 1 saturated heterocycles. The molecule has 0 atom stereocenters. The number of nitrogens with one attached hydrogen (secondary N) is 2. The number of hydrogen-bond acceptors (Lipinski definition) is 5. The summed E-state index contributed by atoms with van der Waals surface area (Å²) in [5.41, 5.74) is 4.38. The maximum atomic E-state index is 12.2. The van der Waals surface area contributed by atoms with E-state index in [4.69, 9.17) is 11.6 Å². The van der Waals surface area contributed by atoms with Crippen LogP contribution in [-0.2, 0) is 24.2 Å². The third-order valence-corrected chi connectivity index (χ3v) is 6.10. The van der Waals surface area contributed by atoms with Gasteiger partial charge in [-0.15, -0.1) is 0 Å². The lowest BCUT2D eigenvalue weighted by Gasteiger charge is -2.19. The van der Waals surface area contributed by atoms with Crippen LogP contribution in [0.15, 0.2) is 29.2 Å². The monoisotopic (exact) mass is 415 g/mol. The van der Waals surface area contributed by atoms with Crippen LogP contribution in [0.4, 0.5) is 0 Å². The van der Waals surface area contributed by atoms with Crippen LogP contribution in [0.25, 0.3) is 0 Å². The summed E-state index contributed by atoms with van der Waals surface area (Å²) in [5, 5.41) is 0.414. The third kappa shape index (κ3) is 6.84. The van der Waals surface area contributed by atoms with Gasteiger partial charge in [0.15, 0.2) is 9.84 Å². The fourth-order valence-corrected chi connectivity index (χ4v) is 3.97. The van der Waals surface area contributed by atoms with Crippen LogP contribution in [0.3, 0.4) is 0 Å². The summed E-state index contributed by atoms with van der Waals surface area (Å²) < 4.78 is 24.3. The van der Waals surface area contributed by atoms with Crippen LogP contribution in [0.1, 0.15) is 32.1 Å². The highest BCUT2D eigenvalue weighted by molar-refractivity contribution is 7.91. The quantitative estimate of drug-likeness (QED) is 0.674. The second-order valence-corrected chi connectivity index (χ2v) is 8.79. The normalized spacial score (nSPS) is 15.1. The largest absolute Gasteiger partial charge is 0.333 e. The van der Waals surface area contributed by atoms with Crippen LogP contribution < -0.4 is 10.9 Å². The van der Waals surface area contributed by atoms with Crippen molar-refractivity contribution < 1.29 is 22.8 Å². The first-order valence-corrected chi connectivity index (χ1v) is 10.6. The van der Waals surface area contributed by atoms with E-state index in [0.717, 1.165) is 19.3 Å². The second kappa shape index (κ2) is 9.70. The molecule has 0 aliphatic carbocycles. The molecule has 2 N–H and O–H groups in total. The third-order valence-electron chi connectivity index (χ3n) is 4.12. The van der Waals surface area contributed by atoms with Gasteiger partial charge in [0.25, 0.3) is 5.91 Å². The molecule has 1 heterocycles. The molecule has 27 heavy (non-hydrogen) atoms. The van der Waals surface area contributed by atoms with Crippen molar-refractivity contribution in [3.63, 3.8) is 0 Å². The van der Waals surface area contributed by atoms with E-state index in [1.54, 1.807) is 0 Å². The Morgan fingerprint density at radius 1 is 1.04 bits per heavy atom. The number of benzene rings is 1. The molecule has 0 saturated carbocycles. The van der Waals surface area contributed by atoms with Gasteiger partial charge in [-0.2, -0.15) is 0 Å². The SMILES string of the molecule is O=C(CCS(=O)(=O)c1ccc(Cl)cc1)NNC(=O)CN1CCCCCC1=O. The van der Waals surface area contributed by atoms with Gasteiger partial charge in [0.2, 0.25) is 11.8 Å². The zero-order valence-electron chi connectivity index (χ0n) is 14.7. The van der Waals surface area contributed by atoms with E-state index >= 15 is 0 Å². The van der Waals surface area contributed by atoms with E-state index in [0.29, 0.717) is 18.0 Å². The van der Waals surface area contributed by atoms with Crippen LogP contribution in [0.5, 0.6) is 0 Å². The van der Waals surface area contributed by atoms with Gasteiger partial charge in [-0.25, -0.2) is 8.42 Å². The number of nitrogens with zero attached hydrogens (tertiary/aromatic N) is 1. The van der Waals surface area contributed by atoms with Crippen LogP contribution in [-0.4, -0.2) is 49.9 Å². The molecule has 1 fully saturated rings. The summed E-state index contributed by atoms with van der Waals surface area (Å²) in [5.74, 6) is -1.65. The number of likely N-dealkylation sites (tertiary alicyclic amines) is 1. The standard InChI is InChI=1S/C17H22ClN3O5S/c18-13-5-7-14(8-6-13)27(25,26)11-9-15(22)19-20-16(23)12-21-10-3-1-2-4-17(21)24/h5-8H,1-4,9-12H2,(H,19,22)(H,20,23). The molecule has 1 aliphatic heterocycles. The molecule has 0 bridgehead atoms. The number of hydrogen-bond donors (Lipinski definition) is 2. The Morgan fingerprint density at radius 3 is 2.41 bits per heavy atom. The summed E-state index contributed by atoms with van der Waals surface area (Å²) in [7, 11) is -3.63. The average molecular weight is 416 g/mol. The molecule has 0 unspecified atom stereocenters. The maximum Gasteiger partial charge on any atom is 0.257 e. The predicted molar refractivity (Wildman–Crippen MR) is 99.5 cm³/mol. The molecular formula is C17H22ClN3O5S. The van der Waals surface area contributed by atoms with Crippen LogP contribution in [0.2, 0.25) is 5.02 Å². The Labute approximate surface area is 163 Å². The van der Waals surface area contributed by atoms with Crippen molar-refractivity contribution in [2.45, 2.75) is 37.0 Å². The predicted octanol–water partition coefficient (Wildman–Crippen LogP) is 1.05. The zero-order valence-corrected chi connectivity index (χ0v) is 16.3. The van der Waals surface area contributed by atoms with E-state index in [9.17, 15) is 22.8 Å². The molecule has 1 aromatic carbocycles. The number of hydrazine groups is 1. The smallest absolute Gasteiger partial charge is 0.257 e. The Morgan fingerprint density at radius 2 is 1.70 bits per heavy atom. The van der Waals surface area contributed by atoms with Gasteiger partial charge < -0.3 is 4.90 Å². The molecule has 1 aromatic rings. The topological polar surface area (TPSA) is 113 Å². The fraction of sp³-hybridized carbons (Fsp3) is 0.471. The maximum absolute atomic E-state index is 12.2. The lowest BCUT2D eigenvalue weighted by molar-refractivity contribution is -0.136. The highest BCUT2D eigenvalue weighted by Gasteiger charge is 2.20. The van der Waals surface area contributed by atoms with Gasteiger partial charge in [0.1, 0.15) is 6.54 Å². The number of sulfone groups is 1. The van der Waals surface area contributed by atoms with Gasteiger partial charge in [-0.1, -0.05) is 18.0 Å². The number of halogens is 1. The van der Waals surface area contributed by atoms with E-state index in [1.807, 2.05) is 0 Å². The molecule has 0 spiro atoms. The summed E-state index contributed by atoms with van der Waals surface area (Å²) in [6.07, 6.45) is 2.71. The first-order valence-electron chi connectivity index (χ1n) is 8.62. The van der Waals surface area contributed by atoms with E-state index in [1.165, 1.54) is 29.2 Å². The summed E-state index contributed by atoms with van der Waals surface area (Å²) in [4.78, 5) is 37.0. The Kier molecular flexibility index (Phi) is 7.61. The molecule has 3 amide bonds. The Bertz CT molecular complexity index is 795. The van der Waals surface area contributed by atoms with Crippen molar-refractivity contribution in [3.05, 3.63) is 29.3 Å². The first-order chi connectivity index (χ1) is 12.8. The fourth-order valence-electron chi connectivity index (χ4n) is 2.61. The second-order valence-electron chi connectivity index (χ2n) is 6.25. The average Bonchev–Trinajstić information content (AvgIpc) is 2.83. The van der Waals surface area contributed by atoms with Gasteiger partial charge in [-0.05, 0) is 37.1 Å². The summed E-state index contributed by atoms with van der Waals surface area (Å²) in [6, 6.07) is 5.66. The molecule has 2 rings (SSSR count). The highest BCUT2D eigenvalue weighted by atomic mass is 35.5. The number of amides is 3. The molecular weight excluding hydrogens is 394 g/mol. The van der Waals surface area contributed by atoms with E-state index in [2.05, 4.69) is 10.9 Å². The summed E-state index contributed by atoms with van der Waals surface area (Å²) >= 11 is 5.72. The number of carbonyl (C=O) groups excluding carboxylic acids is 3. The molecule has 0 radical (unpaired) electrons. The first kappa shape index (κ1) is 21.2. The summed E-state index contributed by atoms with van der Waals surface area (Å²) in [6.45, 7) is 0.377. The minimum Gasteiger partial charge on any atom is -0.333 e. The van der Waals surface area contributed by atoms with Crippen molar-refractivity contribution in [1.29, 1.82) is 0 Å². The van der Waals surface area contributed by atoms with Gasteiger partial charge in [-0.3, -0.25) is 25.2 Å². The Hall–Kier alpha value is -2.13. The Balaban J connectivity index is 1.76. The van der Waals surface area contributed by atoms with Crippen molar-refractivity contribution in [2.75, 3.05) is 18.8 Å². The molecule has 0 aromatic heterocycles. The highest BCUT2D eigenvalue weighted by Crippen LogP contribution is 2.16. The lowest BCUT2D eigenvalue weighted by atomic mass is 10.2. The van der Waals surface area contributed by atoms with Crippen LogP contribution in [0, 0.1) is 0 Å². The minimum atomic E-state index is -3.63. The molecule has 1 aliphatic rings. The van der Waals surface area contributed by atoms with Crippen LogP contribution >= 0.6 is 11.6 Å². The van der Waals surface area contributed by atoms with Crippen molar-refractivity contribution >= 4 is 39.2 Å². The molecule has 148 valence electrons. The zero-order chi connectivity index (χ0) is 19.9. The minimum absolute atomic E-state index is 0.0726. The van der Waals surface area contributed by atoms with Gasteiger partial charge in [0, 0.05) is 24.4 Å². The number of carbonyl (C=O) groups is 3. The molecule has 8 nitrogen and oxygen atoms in total. The molecule has 10 heteroatoms. The van der Waals surface area contributed by atoms with E-state index in [-0.39, 0.29) is 23.8 Å². The van der Waals surface area contributed by atoms with Crippen molar-refractivity contribution in [1.82, 2.24) is 15.8 Å². The lowest BCUT2D eigenvalue weighted by Crippen LogP contribution is -2.47. The van der Waals surface area contributed by atoms with E-state index < -0.39 is 27.4 Å². The van der Waals surface area contributed by atoms with Gasteiger partial charge in [0.05, 0.1) is 10.6 Å².